The Morgan fingerprint density at radius 2 is 1.94 bits per heavy atom. The predicted octanol–water partition coefficient (Wildman–Crippen LogP) is 1.63. The van der Waals surface area contributed by atoms with E-state index in [0.717, 1.165) is 11.1 Å². The molecule has 2 rings (SSSR count). The number of methoxy groups -OCH3 is 1. The molecule has 5 heteroatoms. The summed E-state index contributed by atoms with van der Waals surface area (Å²) in [5, 5.41) is 0. The number of aryl methyl sites for hydroxylation is 1. The third-order valence-electron chi connectivity index (χ3n) is 2.33. The molecule has 0 spiro atoms. The number of hydrogen-bond acceptors (Lipinski definition) is 5. The highest BCUT2D eigenvalue weighted by Gasteiger charge is 2.12. The van der Waals surface area contributed by atoms with Crippen LogP contribution in [0.5, 0.6) is 0 Å². The first kappa shape index (κ1) is 11.2. The maximum atomic E-state index is 11.5. The van der Waals surface area contributed by atoms with Crippen molar-refractivity contribution in [2.75, 3.05) is 7.11 Å². The highest BCUT2D eigenvalue weighted by atomic mass is 16.5. The molecule has 0 N–H and O–H groups in total. The van der Waals surface area contributed by atoms with E-state index in [1.54, 1.807) is 12.4 Å². The Labute approximate surface area is 98.5 Å². The Bertz CT molecular complexity index is 541. The summed E-state index contributed by atoms with van der Waals surface area (Å²) in [6.07, 6.45) is 4.73. The van der Waals surface area contributed by atoms with Gasteiger partial charge in [-0.15, -0.1) is 0 Å². The molecule has 0 aliphatic carbocycles. The molecule has 0 saturated heterocycles. The molecular weight excluding hydrogens is 218 g/mol. The molecule has 2 aromatic heterocycles. The summed E-state index contributed by atoms with van der Waals surface area (Å²) >= 11 is 0. The van der Waals surface area contributed by atoms with Gasteiger partial charge in [-0.05, 0) is 18.6 Å². The zero-order chi connectivity index (χ0) is 12.3. The number of nitrogens with zero attached hydrogens (tertiary/aromatic N) is 3. The van der Waals surface area contributed by atoms with E-state index in [1.165, 1.54) is 13.4 Å². The summed E-state index contributed by atoms with van der Waals surface area (Å²) in [5.74, 6) is -0.443. The molecule has 0 radical (unpaired) electrons. The normalized spacial score (nSPS) is 10.0. The summed E-state index contributed by atoms with van der Waals surface area (Å²) in [4.78, 5) is 23.6. The third kappa shape index (κ3) is 2.28. The van der Waals surface area contributed by atoms with Gasteiger partial charge in [0.2, 0.25) is 0 Å². The number of rotatable bonds is 2. The van der Waals surface area contributed by atoms with Crippen molar-refractivity contribution in [2.45, 2.75) is 6.92 Å². The lowest BCUT2D eigenvalue weighted by atomic mass is 10.1. The molecule has 2 aromatic rings. The van der Waals surface area contributed by atoms with Crippen molar-refractivity contribution in [1.82, 2.24) is 15.0 Å². The number of pyridine rings is 1. The molecule has 0 aliphatic heterocycles. The van der Waals surface area contributed by atoms with Gasteiger partial charge in [0.05, 0.1) is 12.8 Å². The number of esters is 1. The first-order valence-corrected chi connectivity index (χ1v) is 5.03. The van der Waals surface area contributed by atoms with Gasteiger partial charge in [-0.25, -0.2) is 19.7 Å². The maximum absolute atomic E-state index is 11.5. The number of carbonyl (C=O) groups is 1. The summed E-state index contributed by atoms with van der Waals surface area (Å²) in [6, 6.07) is 3.64. The molecule has 0 aromatic carbocycles. The van der Waals surface area contributed by atoms with Crippen LogP contribution >= 0.6 is 0 Å². The van der Waals surface area contributed by atoms with Crippen molar-refractivity contribution < 1.29 is 9.53 Å². The maximum Gasteiger partial charge on any atom is 0.356 e. The van der Waals surface area contributed by atoms with E-state index in [2.05, 4.69) is 19.7 Å². The molecule has 86 valence electrons. The van der Waals surface area contributed by atoms with Gasteiger partial charge >= 0.3 is 5.97 Å². The lowest BCUT2D eigenvalue weighted by Crippen LogP contribution is -2.07. The third-order valence-corrected chi connectivity index (χ3v) is 2.33. The van der Waals surface area contributed by atoms with Crippen molar-refractivity contribution in [3.63, 3.8) is 0 Å². The van der Waals surface area contributed by atoms with Gasteiger partial charge in [-0.1, -0.05) is 6.07 Å². The average Bonchev–Trinajstić information content (AvgIpc) is 2.39. The second-order valence-corrected chi connectivity index (χ2v) is 3.48. The molecule has 0 bridgehead atoms. The second kappa shape index (κ2) is 4.69. The van der Waals surface area contributed by atoms with Crippen LogP contribution in [0, 0.1) is 6.92 Å². The highest BCUT2D eigenvalue weighted by Crippen LogP contribution is 2.17. The molecule has 17 heavy (non-hydrogen) atoms. The molecule has 0 aliphatic rings. The van der Waals surface area contributed by atoms with E-state index >= 15 is 0 Å². The lowest BCUT2D eigenvalue weighted by Gasteiger charge is -2.05. The monoisotopic (exact) mass is 229 g/mol. The molecule has 5 nitrogen and oxygen atoms in total. The van der Waals surface area contributed by atoms with Crippen LogP contribution in [-0.4, -0.2) is 28.0 Å². The number of hydrogen-bond donors (Lipinski definition) is 0. The summed E-state index contributed by atoms with van der Waals surface area (Å²) in [5.41, 5.74) is 2.50. The van der Waals surface area contributed by atoms with E-state index < -0.39 is 5.97 Å². The summed E-state index contributed by atoms with van der Waals surface area (Å²) in [7, 11) is 1.34. The Balaban J connectivity index is 2.48. The van der Waals surface area contributed by atoms with Crippen molar-refractivity contribution >= 4 is 5.97 Å². The number of ether oxygens (including phenoxy) is 1. The molecule has 0 saturated carbocycles. The van der Waals surface area contributed by atoms with Crippen LogP contribution in [0.15, 0.2) is 30.9 Å². The van der Waals surface area contributed by atoms with Crippen LogP contribution in [0.25, 0.3) is 11.3 Å². The minimum Gasteiger partial charge on any atom is -0.464 e. The zero-order valence-electron chi connectivity index (χ0n) is 9.54. The second-order valence-electron chi connectivity index (χ2n) is 3.48. The Kier molecular flexibility index (Phi) is 3.09. The zero-order valence-corrected chi connectivity index (χ0v) is 9.54. The van der Waals surface area contributed by atoms with E-state index in [1.807, 2.05) is 19.1 Å². The predicted molar refractivity (Wildman–Crippen MR) is 61.3 cm³/mol. The van der Waals surface area contributed by atoms with Crippen molar-refractivity contribution in [3.8, 4) is 11.3 Å². The quantitative estimate of drug-likeness (QED) is 0.732. The van der Waals surface area contributed by atoms with E-state index in [-0.39, 0.29) is 0 Å². The SMILES string of the molecule is COC(=O)c1nc(-c2cncnc2)ccc1C. The fraction of sp³-hybridized carbons (Fsp3) is 0.167. The number of carbonyl (C=O) groups excluding carboxylic acids is 1. The van der Waals surface area contributed by atoms with Crippen LogP contribution in [0.1, 0.15) is 16.1 Å². The van der Waals surface area contributed by atoms with Crippen LogP contribution < -0.4 is 0 Å². The Morgan fingerprint density at radius 1 is 1.24 bits per heavy atom. The van der Waals surface area contributed by atoms with Crippen molar-refractivity contribution in [2.24, 2.45) is 0 Å². The largest absolute Gasteiger partial charge is 0.464 e. The molecule has 0 fully saturated rings. The van der Waals surface area contributed by atoms with Gasteiger partial charge < -0.3 is 4.74 Å². The first-order chi connectivity index (χ1) is 8.22. The minimum absolute atomic E-state index is 0.314. The summed E-state index contributed by atoms with van der Waals surface area (Å²) < 4.78 is 4.68. The Morgan fingerprint density at radius 3 is 2.59 bits per heavy atom. The smallest absolute Gasteiger partial charge is 0.356 e. The van der Waals surface area contributed by atoms with Gasteiger partial charge in [-0.2, -0.15) is 0 Å². The molecule has 0 unspecified atom stereocenters. The first-order valence-electron chi connectivity index (χ1n) is 5.03. The van der Waals surface area contributed by atoms with Crippen molar-refractivity contribution in [3.05, 3.63) is 42.1 Å². The lowest BCUT2D eigenvalue weighted by molar-refractivity contribution is 0.0593. The number of aromatic nitrogens is 3. The van der Waals surface area contributed by atoms with E-state index in [9.17, 15) is 4.79 Å². The van der Waals surface area contributed by atoms with Gasteiger partial charge in [-0.3, -0.25) is 0 Å². The highest BCUT2D eigenvalue weighted by molar-refractivity contribution is 5.89. The van der Waals surface area contributed by atoms with Crippen LogP contribution in [0.3, 0.4) is 0 Å². The average molecular weight is 229 g/mol. The van der Waals surface area contributed by atoms with Gasteiger partial charge in [0.1, 0.15) is 6.33 Å². The van der Waals surface area contributed by atoms with E-state index in [0.29, 0.717) is 11.4 Å². The molecule has 0 atom stereocenters. The molecule has 0 amide bonds. The fourth-order valence-corrected chi connectivity index (χ4v) is 1.42. The van der Waals surface area contributed by atoms with Crippen molar-refractivity contribution in [1.29, 1.82) is 0 Å². The van der Waals surface area contributed by atoms with Crippen LogP contribution in [0.2, 0.25) is 0 Å². The van der Waals surface area contributed by atoms with Gasteiger partial charge in [0, 0.05) is 18.0 Å². The fourth-order valence-electron chi connectivity index (χ4n) is 1.42. The van der Waals surface area contributed by atoms with Gasteiger partial charge in [0.25, 0.3) is 0 Å². The Hall–Kier alpha value is -2.30. The minimum atomic E-state index is -0.443. The van der Waals surface area contributed by atoms with E-state index in [4.69, 9.17) is 0 Å². The standard InChI is InChI=1S/C12H11N3O2/c1-8-3-4-10(9-5-13-7-14-6-9)15-11(8)12(16)17-2/h3-7H,1-2H3. The summed E-state index contributed by atoms with van der Waals surface area (Å²) in [6.45, 7) is 1.81. The van der Waals surface area contributed by atoms with Gasteiger partial charge in [0.15, 0.2) is 5.69 Å². The topological polar surface area (TPSA) is 65.0 Å². The molecular formula is C12H11N3O2. The molecule has 2 heterocycles. The van der Waals surface area contributed by atoms with Crippen LogP contribution in [-0.2, 0) is 4.74 Å². The van der Waals surface area contributed by atoms with Crippen LogP contribution in [0.4, 0.5) is 0 Å².